The fourth-order valence-corrected chi connectivity index (χ4v) is 1.42. The van der Waals surface area contributed by atoms with Gasteiger partial charge in [0.1, 0.15) is 0 Å². The van der Waals surface area contributed by atoms with Crippen LogP contribution in [0.25, 0.3) is 0 Å². The highest BCUT2D eigenvalue weighted by Gasteiger charge is 2.04. The van der Waals surface area contributed by atoms with Gasteiger partial charge in [0.2, 0.25) is 0 Å². The quantitative estimate of drug-likeness (QED) is 0.828. The minimum atomic E-state index is -0.271. The number of rotatable bonds is 2. The van der Waals surface area contributed by atoms with Crippen LogP contribution in [0.1, 0.15) is 5.69 Å². The summed E-state index contributed by atoms with van der Waals surface area (Å²) in [5.41, 5.74) is 2.25. The Bertz CT molecular complexity index is 511. The Morgan fingerprint density at radius 2 is 1.82 bits per heavy atom. The Morgan fingerprint density at radius 1 is 1.06 bits per heavy atom. The van der Waals surface area contributed by atoms with Gasteiger partial charge in [0, 0.05) is 11.9 Å². The molecule has 86 valence electrons. The summed E-state index contributed by atoms with van der Waals surface area (Å²) in [6, 6.07) is 12.6. The topological polar surface area (TPSA) is 54.0 Å². The third-order valence-corrected chi connectivity index (χ3v) is 2.29. The van der Waals surface area contributed by atoms with Gasteiger partial charge in [0.05, 0.1) is 11.4 Å². The van der Waals surface area contributed by atoms with Crippen molar-refractivity contribution in [2.24, 2.45) is 0 Å². The second-order valence-electron chi connectivity index (χ2n) is 3.58. The van der Waals surface area contributed by atoms with Gasteiger partial charge in [-0.2, -0.15) is 0 Å². The van der Waals surface area contributed by atoms with Crippen molar-refractivity contribution in [3.05, 3.63) is 54.4 Å². The van der Waals surface area contributed by atoms with Crippen LogP contribution in [0.3, 0.4) is 0 Å². The number of benzene rings is 1. The monoisotopic (exact) mass is 227 g/mol. The van der Waals surface area contributed by atoms with E-state index in [2.05, 4.69) is 15.6 Å². The normalized spacial score (nSPS) is 9.71. The lowest BCUT2D eigenvalue weighted by atomic mass is 10.3. The van der Waals surface area contributed by atoms with Crippen molar-refractivity contribution >= 4 is 17.4 Å². The summed E-state index contributed by atoms with van der Waals surface area (Å²) in [6.45, 7) is 1.85. The largest absolute Gasteiger partial charge is 0.323 e. The molecule has 2 rings (SSSR count). The van der Waals surface area contributed by atoms with Gasteiger partial charge in [-0.05, 0) is 31.2 Å². The highest BCUT2D eigenvalue weighted by Crippen LogP contribution is 2.11. The smallest absolute Gasteiger partial charge is 0.308 e. The zero-order valence-electron chi connectivity index (χ0n) is 9.47. The van der Waals surface area contributed by atoms with Crippen LogP contribution in [0.2, 0.25) is 0 Å². The molecule has 1 aromatic heterocycles. The van der Waals surface area contributed by atoms with E-state index in [9.17, 15) is 4.79 Å². The zero-order chi connectivity index (χ0) is 12.1. The van der Waals surface area contributed by atoms with Crippen molar-refractivity contribution in [2.45, 2.75) is 6.92 Å². The number of urea groups is 1. The van der Waals surface area contributed by atoms with E-state index < -0.39 is 0 Å². The van der Waals surface area contributed by atoms with E-state index in [1.165, 1.54) is 0 Å². The van der Waals surface area contributed by atoms with Crippen LogP contribution >= 0.6 is 0 Å². The molecule has 1 aromatic carbocycles. The molecule has 0 saturated heterocycles. The highest BCUT2D eigenvalue weighted by atomic mass is 16.2. The number of carbonyl (C=O) groups is 1. The standard InChI is InChI=1S/C13H13N3O/c1-10-12(8-5-9-14-10)16-13(17)15-11-6-3-2-4-7-11/h2-9H,1H3,(H2,15,16,17). The van der Waals surface area contributed by atoms with E-state index in [1.807, 2.05) is 43.3 Å². The molecule has 0 unspecified atom stereocenters. The number of hydrogen-bond acceptors (Lipinski definition) is 2. The molecule has 0 bridgehead atoms. The van der Waals surface area contributed by atoms with Crippen molar-refractivity contribution in [3.8, 4) is 0 Å². The van der Waals surface area contributed by atoms with E-state index in [1.54, 1.807) is 12.3 Å². The summed E-state index contributed by atoms with van der Waals surface area (Å²) < 4.78 is 0. The zero-order valence-corrected chi connectivity index (χ0v) is 9.47. The summed E-state index contributed by atoms with van der Waals surface area (Å²) >= 11 is 0. The Kier molecular flexibility index (Phi) is 3.35. The third-order valence-electron chi connectivity index (χ3n) is 2.29. The lowest BCUT2D eigenvalue weighted by Crippen LogP contribution is -2.20. The second-order valence-corrected chi connectivity index (χ2v) is 3.58. The molecular weight excluding hydrogens is 214 g/mol. The minimum absolute atomic E-state index is 0.271. The van der Waals surface area contributed by atoms with Crippen molar-refractivity contribution in [3.63, 3.8) is 0 Å². The molecule has 4 nitrogen and oxygen atoms in total. The second kappa shape index (κ2) is 5.12. The van der Waals surface area contributed by atoms with Crippen LogP contribution < -0.4 is 10.6 Å². The third kappa shape index (κ3) is 3.04. The number of anilines is 2. The molecular formula is C13H13N3O. The molecule has 0 atom stereocenters. The van der Waals surface area contributed by atoms with Crippen LogP contribution in [0.5, 0.6) is 0 Å². The number of nitrogens with one attached hydrogen (secondary N) is 2. The van der Waals surface area contributed by atoms with Gasteiger partial charge >= 0.3 is 6.03 Å². The van der Waals surface area contributed by atoms with E-state index in [4.69, 9.17) is 0 Å². The first-order valence-corrected chi connectivity index (χ1v) is 5.30. The molecule has 1 heterocycles. The molecule has 0 saturated carbocycles. The van der Waals surface area contributed by atoms with Gasteiger partial charge in [-0.15, -0.1) is 0 Å². The van der Waals surface area contributed by atoms with E-state index >= 15 is 0 Å². The fourth-order valence-electron chi connectivity index (χ4n) is 1.42. The molecule has 0 aliphatic carbocycles. The molecule has 0 radical (unpaired) electrons. The molecule has 2 amide bonds. The Hall–Kier alpha value is -2.36. The molecule has 2 N–H and O–H groups in total. The minimum Gasteiger partial charge on any atom is -0.308 e. The van der Waals surface area contributed by atoms with Crippen molar-refractivity contribution in [1.29, 1.82) is 0 Å². The van der Waals surface area contributed by atoms with Crippen molar-refractivity contribution < 1.29 is 4.79 Å². The molecule has 0 fully saturated rings. The van der Waals surface area contributed by atoms with Gasteiger partial charge in [0.15, 0.2) is 0 Å². The fraction of sp³-hybridized carbons (Fsp3) is 0.0769. The molecule has 2 aromatic rings. The maximum Gasteiger partial charge on any atom is 0.323 e. The van der Waals surface area contributed by atoms with Gasteiger partial charge in [0.25, 0.3) is 0 Å². The lowest BCUT2D eigenvalue weighted by Gasteiger charge is -2.08. The Balaban J connectivity index is 2.01. The number of aryl methyl sites for hydroxylation is 1. The van der Waals surface area contributed by atoms with Crippen LogP contribution in [-0.4, -0.2) is 11.0 Å². The first-order valence-electron chi connectivity index (χ1n) is 5.30. The van der Waals surface area contributed by atoms with Gasteiger partial charge in [-0.1, -0.05) is 18.2 Å². The maximum absolute atomic E-state index is 11.7. The Labute approximate surface area is 99.7 Å². The van der Waals surface area contributed by atoms with E-state index in [0.29, 0.717) is 5.69 Å². The first kappa shape index (κ1) is 11.1. The summed E-state index contributed by atoms with van der Waals surface area (Å²) in [7, 11) is 0. The summed E-state index contributed by atoms with van der Waals surface area (Å²) in [4.78, 5) is 15.8. The van der Waals surface area contributed by atoms with Gasteiger partial charge < -0.3 is 10.6 Å². The Morgan fingerprint density at radius 3 is 2.53 bits per heavy atom. The predicted molar refractivity (Wildman–Crippen MR) is 68.1 cm³/mol. The number of nitrogens with zero attached hydrogens (tertiary/aromatic N) is 1. The SMILES string of the molecule is Cc1ncccc1NC(=O)Nc1ccccc1. The van der Waals surface area contributed by atoms with Crippen molar-refractivity contribution in [1.82, 2.24) is 4.98 Å². The lowest BCUT2D eigenvalue weighted by molar-refractivity contribution is 0.262. The van der Waals surface area contributed by atoms with Gasteiger partial charge in [-0.3, -0.25) is 4.98 Å². The van der Waals surface area contributed by atoms with Crippen LogP contribution in [0.4, 0.5) is 16.2 Å². The highest BCUT2D eigenvalue weighted by molar-refractivity contribution is 5.99. The molecule has 0 aliphatic heterocycles. The molecule has 0 spiro atoms. The number of hydrogen-bond donors (Lipinski definition) is 2. The van der Waals surface area contributed by atoms with E-state index in [0.717, 1.165) is 11.4 Å². The van der Waals surface area contributed by atoms with Crippen LogP contribution in [0.15, 0.2) is 48.7 Å². The van der Waals surface area contributed by atoms with Crippen LogP contribution in [0, 0.1) is 6.92 Å². The number of carbonyl (C=O) groups excluding carboxylic acids is 1. The number of para-hydroxylation sites is 1. The number of pyridine rings is 1. The average molecular weight is 227 g/mol. The molecule has 0 aliphatic rings. The summed E-state index contributed by atoms with van der Waals surface area (Å²) in [6.07, 6.45) is 1.69. The van der Waals surface area contributed by atoms with Gasteiger partial charge in [-0.25, -0.2) is 4.79 Å². The van der Waals surface area contributed by atoms with E-state index in [-0.39, 0.29) is 6.03 Å². The number of aromatic nitrogens is 1. The summed E-state index contributed by atoms with van der Waals surface area (Å²) in [5, 5.41) is 5.49. The maximum atomic E-state index is 11.7. The predicted octanol–water partition coefficient (Wildman–Crippen LogP) is 3.03. The molecule has 4 heteroatoms. The average Bonchev–Trinajstić information content (AvgIpc) is 2.33. The number of amides is 2. The molecule has 17 heavy (non-hydrogen) atoms. The van der Waals surface area contributed by atoms with Crippen LogP contribution in [-0.2, 0) is 0 Å². The van der Waals surface area contributed by atoms with Crippen molar-refractivity contribution in [2.75, 3.05) is 10.6 Å². The first-order chi connectivity index (χ1) is 8.25. The summed E-state index contributed by atoms with van der Waals surface area (Å²) in [5.74, 6) is 0.